The number of amides is 1. The van der Waals surface area contributed by atoms with Crippen molar-refractivity contribution in [3.8, 4) is 5.75 Å². The number of hydrogen-bond donors (Lipinski definition) is 1. The summed E-state index contributed by atoms with van der Waals surface area (Å²) >= 11 is 1.20. The number of nitrogens with one attached hydrogen (secondary N) is 1. The number of anilines is 1. The summed E-state index contributed by atoms with van der Waals surface area (Å²) in [5.74, 6) is -0.665. The molecule has 2 rings (SSSR count). The van der Waals surface area contributed by atoms with Gasteiger partial charge < -0.3 is 4.74 Å². The molecule has 0 radical (unpaired) electrons. The quantitative estimate of drug-likeness (QED) is 0.673. The number of carbonyl (C=O) groups is 2. The molecule has 0 spiro atoms. The fourth-order valence-electron chi connectivity index (χ4n) is 1.29. The number of benzene rings is 1. The molecule has 0 unspecified atom stereocenters. The molecule has 0 aliphatic heterocycles. The van der Waals surface area contributed by atoms with Crippen LogP contribution in [0.1, 0.15) is 17.3 Å². The number of rotatable bonds is 3. The van der Waals surface area contributed by atoms with Crippen LogP contribution in [0.4, 0.5) is 5.13 Å². The van der Waals surface area contributed by atoms with Gasteiger partial charge in [0.15, 0.2) is 0 Å². The fraction of sp³-hybridized carbons (Fsp3) is 0.0909. The van der Waals surface area contributed by atoms with E-state index in [0.29, 0.717) is 5.13 Å². The van der Waals surface area contributed by atoms with Gasteiger partial charge in [0.05, 0.1) is 5.56 Å². The zero-order chi connectivity index (χ0) is 13.0. The molecule has 0 saturated heterocycles. The Morgan fingerprint density at radius 3 is 2.78 bits per heavy atom. The van der Waals surface area contributed by atoms with E-state index in [-0.39, 0.29) is 11.3 Å². The molecule has 0 saturated carbocycles. The van der Waals surface area contributed by atoms with Crippen molar-refractivity contribution in [2.45, 2.75) is 6.92 Å². The molecule has 1 aromatic heterocycles. The third kappa shape index (κ3) is 2.89. The summed E-state index contributed by atoms with van der Waals surface area (Å²) in [6.07, 6.45) is 0. The van der Waals surface area contributed by atoms with Crippen LogP contribution in [0.5, 0.6) is 5.75 Å². The van der Waals surface area contributed by atoms with E-state index >= 15 is 0 Å². The van der Waals surface area contributed by atoms with E-state index in [4.69, 9.17) is 4.74 Å². The second-order valence-electron chi connectivity index (χ2n) is 3.29. The molecule has 0 fully saturated rings. The summed E-state index contributed by atoms with van der Waals surface area (Å²) in [4.78, 5) is 22.9. The summed E-state index contributed by atoms with van der Waals surface area (Å²) in [5, 5.41) is 10.3. The lowest BCUT2D eigenvalue weighted by molar-refractivity contribution is -0.131. The molecule has 0 atom stereocenters. The first-order valence-corrected chi connectivity index (χ1v) is 5.90. The van der Waals surface area contributed by atoms with Gasteiger partial charge >= 0.3 is 5.97 Å². The van der Waals surface area contributed by atoms with Crippen molar-refractivity contribution < 1.29 is 14.3 Å². The highest BCUT2D eigenvalue weighted by Gasteiger charge is 2.14. The Bertz CT molecular complexity index is 569. The molecule has 1 amide bonds. The van der Waals surface area contributed by atoms with Gasteiger partial charge in [0.2, 0.25) is 5.13 Å². The van der Waals surface area contributed by atoms with Gasteiger partial charge in [-0.3, -0.25) is 14.9 Å². The third-order valence-corrected chi connectivity index (χ3v) is 2.57. The molecule has 0 bridgehead atoms. The Kier molecular flexibility index (Phi) is 3.63. The van der Waals surface area contributed by atoms with Crippen LogP contribution in [0.3, 0.4) is 0 Å². The minimum absolute atomic E-state index is 0.215. The van der Waals surface area contributed by atoms with Crippen molar-refractivity contribution in [3.05, 3.63) is 35.3 Å². The van der Waals surface area contributed by atoms with E-state index in [0.717, 1.165) is 0 Å². The summed E-state index contributed by atoms with van der Waals surface area (Å²) in [6.45, 7) is 1.28. The van der Waals surface area contributed by atoms with Gasteiger partial charge in [-0.15, -0.1) is 10.2 Å². The third-order valence-electron chi connectivity index (χ3n) is 1.97. The second-order valence-corrected chi connectivity index (χ2v) is 4.12. The maximum absolute atomic E-state index is 12.0. The Balaban J connectivity index is 2.21. The predicted octanol–water partition coefficient (Wildman–Crippen LogP) is 1.72. The number of ether oxygens (including phenoxy) is 1. The number of aromatic nitrogens is 2. The van der Waals surface area contributed by atoms with Gasteiger partial charge in [-0.25, -0.2) is 0 Å². The minimum Gasteiger partial charge on any atom is -0.426 e. The lowest BCUT2D eigenvalue weighted by atomic mass is 10.2. The number of nitrogens with zero attached hydrogens (tertiary/aromatic N) is 2. The topological polar surface area (TPSA) is 81.2 Å². The molecule has 2 aromatic rings. The van der Waals surface area contributed by atoms with Gasteiger partial charge in [-0.05, 0) is 12.1 Å². The van der Waals surface area contributed by atoms with Gasteiger partial charge in [0.1, 0.15) is 11.3 Å². The molecule has 0 aliphatic carbocycles. The predicted molar refractivity (Wildman–Crippen MR) is 65.6 cm³/mol. The first-order chi connectivity index (χ1) is 8.66. The van der Waals surface area contributed by atoms with Crippen molar-refractivity contribution in [1.82, 2.24) is 10.2 Å². The first-order valence-electron chi connectivity index (χ1n) is 5.02. The highest BCUT2D eigenvalue weighted by atomic mass is 32.1. The number of para-hydroxylation sites is 1. The highest BCUT2D eigenvalue weighted by Crippen LogP contribution is 2.20. The summed E-state index contributed by atoms with van der Waals surface area (Å²) in [5.41, 5.74) is 1.77. The monoisotopic (exact) mass is 263 g/mol. The van der Waals surface area contributed by atoms with Crippen LogP contribution >= 0.6 is 11.3 Å². The summed E-state index contributed by atoms with van der Waals surface area (Å²) in [7, 11) is 0. The lowest BCUT2D eigenvalue weighted by Crippen LogP contribution is -2.14. The van der Waals surface area contributed by atoms with E-state index in [1.165, 1.54) is 23.8 Å². The lowest BCUT2D eigenvalue weighted by Gasteiger charge is -2.07. The Morgan fingerprint density at radius 2 is 2.11 bits per heavy atom. The second kappa shape index (κ2) is 5.37. The first kappa shape index (κ1) is 12.2. The van der Waals surface area contributed by atoms with E-state index in [1.807, 2.05) is 0 Å². The van der Waals surface area contributed by atoms with Gasteiger partial charge in [0.25, 0.3) is 5.91 Å². The Morgan fingerprint density at radius 1 is 1.33 bits per heavy atom. The van der Waals surface area contributed by atoms with E-state index in [9.17, 15) is 9.59 Å². The van der Waals surface area contributed by atoms with Crippen LogP contribution in [0.2, 0.25) is 0 Å². The van der Waals surface area contributed by atoms with Crippen molar-refractivity contribution in [2.75, 3.05) is 5.32 Å². The van der Waals surface area contributed by atoms with Crippen LogP contribution in [-0.2, 0) is 4.79 Å². The highest BCUT2D eigenvalue weighted by molar-refractivity contribution is 7.13. The maximum Gasteiger partial charge on any atom is 0.308 e. The number of carbonyl (C=O) groups excluding carboxylic acids is 2. The molecule has 1 heterocycles. The summed E-state index contributed by atoms with van der Waals surface area (Å²) in [6, 6.07) is 6.48. The molecule has 92 valence electrons. The standard InChI is InChI=1S/C11H9N3O3S/c1-7(15)17-9-5-3-2-4-8(9)10(16)13-11-14-12-6-18-11/h2-6H,1H3,(H,13,14,16). The number of hydrogen-bond acceptors (Lipinski definition) is 6. The molecule has 18 heavy (non-hydrogen) atoms. The Labute approximate surface area is 107 Å². The van der Waals surface area contributed by atoms with Crippen LogP contribution in [0.25, 0.3) is 0 Å². The van der Waals surface area contributed by atoms with E-state index in [1.54, 1.807) is 24.3 Å². The van der Waals surface area contributed by atoms with Gasteiger partial charge in [-0.1, -0.05) is 23.5 Å². The van der Waals surface area contributed by atoms with Crippen LogP contribution < -0.4 is 10.1 Å². The van der Waals surface area contributed by atoms with Gasteiger partial charge in [0, 0.05) is 6.92 Å². The van der Waals surface area contributed by atoms with E-state index < -0.39 is 11.9 Å². The molecule has 1 N–H and O–H groups in total. The fourth-order valence-corrected chi connectivity index (χ4v) is 1.73. The molecular weight excluding hydrogens is 254 g/mol. The average molecular weight is 263 g/mol. The molecule has 6 nitrogen and oxygen atoms in total. The molecule has 0 aliphatic rings. The largest absolute Gasteiger partial charge is 0.426 e. The minimum atomic E-state index is -0.480. The SMILES string of the molecule is CC(=O)Oc1ccccc1C(=O)Nc1nncs1. The van der Waals surface area contributed by atoms with Crippen LogP contribution in [-0.4, -0.2) is 22.1 Å². The van der Waals surface area contributed by atoms with Crippen molar-refractivity contribution in [1.29, 1.82) is 0 Å². The van der Waals surface area contributed by atoms with E-state index in [2.05, 4.69) is 15.5 Å². The molecule has 1 aromatic carbocycles. The summed E-state index contributed by atoms with van der Waals surface area (Å²) < 4.78 is 4.95. The van der Waals surface area contributed by atoms with Crippen LogP contribution in [0.15, 0.2) is 29.8 Å². The number of esters is 1. The van der Waals surface area contributed by atoms with Crippen LogP contribution in [0, 0.1) is 0 Å². The Hall–Kier alpha value is -2.28. The maximum atomic E-state index is 12.0. The average Bonchev–Trinajstić information content (AvgIpc) is 2.81. The smallest absolute Gasteiger partial charge is 0.308 e. The zero-order valence-corrected chi connectivity index (χ0v) is 10.2. The molecular formula is C11H9N3O3S. The van der Waals surface area contributed by atoms with Gasteiger partial charge in [-0.2, -0.15) is 0 Å². The molecule has 7 heteroatoms. The van der Waals surface area contributed by atoms with Crippen molar-refractivity contribution >= 4 is 28.3 Å². The zero-order valence-electron chi connectivity index (χ0n) is 9.41. The van der Waals surface area contributed by atoms with Crippen molar-refractivity contribution in [2.24, 2.45) is 0 Å². The van der Waals surface area contributed by atoms with Crippen molar-refractivity contribution in [3.63, 3.8) is 0 Å². The normalized spacial score (nSPS) is 9.83.